The van der Waals surface area contributed by atoms with Crippen LogP contribution >= 0.6 is 0 Å². The number of rotatable bonds is 5. The number of hydrogen-bond acceptors (Lipinski definition) is 6. The maximum Gasteiger partial charge on any atom is 0.219 e. The van der Waals surface area contributed by atoms with Crippen molar-refractivity contribution in [2.75, 3.05) is 19.7 Å². The molecule has 130 valence electrons. The maximum atomic E-state index is 6.00. The zero-order chi connectivity index (χ0) is 17.1. The highest BCUT2D eigenvalue weighted by molar-refractivity contribution is 5.28. The molecule has 1 aliphatic rings. The molecule has 2 aromatic heterocycles. The molecule has 6 nitrogen and oxygen atoms in total. The predicted molar refractivity (Wildman–Crippen MR) is 91.0 cm³/mol. The van der Waals surface area contributed by atoms with Gasteiger partial charge in [-0.2, -0.15) is 4.98 Å². The van der Waals surface area contributed by atoms with E-state index in [9.17, 15) is 0 Å². The van der Waals surface area contributed by atoms with Gasteiger partial charge in [-0.05, 0) is 59.5 Å². The minimum absolute atomic E-state index is 0.583. The van der Waals surface area contributed by atoms with Crippen molar-refractivity contribution in [2.45, 2.75) is 47.1 Å². The highest BCUT2D eigenvalue weighted by Crippen LogP contribution is 2.23. The SMILES string of the molecule is Cc1nc(C)c(C)c(OCC2CCN(Cc3cnoc3C)CC2)n1. The fourth-order valence-electron chi connectivity index (χ4n) is 3.10. The molecule has 0 atom stereocenters. The molecule has 1 saturated heterocycles. The van der Waals surface area contributed by atoms with Gasteiger partial charge in [0.05, 0.1) is 12.8 Å². The van der Waals surface area contributed by atoms with E-state index in [4.69, 9.17) is 9.26 Å². The first-order valence-corrected chi connectivity index (χ1v) is 8.60. The molecule has 0 saturated carbocycles. The molecule has 6 heteroatoms. The molecule has 0 spiro atoms. The quantitative estimate of drug-likeness (QED) is 0.840. The number of piperidine rings is 1. The summed E-state index contributed by atoms with van der Waals surface area (Å²) in [5.41, 5.74) is 3.23. The van der Waals surface area contributed by atoms with Crippen LogP contribution in [0.15, 0.2) is 10.7 Å². The monoisotopic (exact) mass is 330 g/mol. The molecule has 0 aliphatic carbocycles. The van der Waals surface area contributed by atoms with Crippen LogP contribution in [0.3, 0.4) is 0 Å². The van der Waals surface area contributed by atoms with Crippen LogP contribution in [0.5, 0.6) is 5.88 Å². The molecule has 1 fully saturated rings. The minimum atomic E-state index is 0.583. The highest BCUT2D eigenvalue weighted by Gasteiger charge is 2.21. The molecule has 0 N–H and O–H groups in total. The maximum absolute atomic E-state index is 6.00. The Hall–Kier alpha value is -1.95. The zero-order valence-electron chi connectivity index (χ0n) is 15.0. The molecule has 0 radical (unpaired) electrons. The molecule has 24 heavy (non-hydrogen) atoms. The summed E-state index contributed by atoms with van der Waals surface area (Å²) in [6, 6.07) is 0. The van der Waals surface area contributed by atoms with Crippen LogP contribution in [-0.2, 0) is 6.54 Å². The van der Waals surface area contributed by atoms with Gasteiger partial charge in [0.15, 0.2) is 0 Å². The van der Waals surface area contributed by atoms with Crippen LogP contribution < -0.4 is 4.74 Å². The zero-order valence-corrected chi connectivity index (χ0v) is 15.0. The Labute approximate surface area is 143 Å². The van der Waals surface area contributed by atoms with Crippen molar-refractivity contribution in [2.24, 2.45) is 5.92 Å². The number of ether oxygens (including phenoxy) is 1. The number of aromatic nitrogens is 3. The van der Waals surface area contributed by atoms with Gasteiger partial charge in [0, 0.05) is 23.4 Å². The molecule has 1 aliphatic heterocycles. The van der Waals surface area contributed by atoms with Gasteiger partial charge in [0.25, 0.3) is 0 Å². The molecule has 0 bridgehead atoms. The number of nitrogens with zero attached hydrogens (tertiary/aromatic N) is 4. The van der Waals surface area contributed by atoms with Crippen LogP contribution in [0.4, 0.5) is 0 Å². The average molecular weight is 330 g/mol. The normalized spacial score (nSPS) is 16.5. The summed E-state index contributed by atoms with van der Waals surface area (Å²) in [5.74, 6) is 3.01. The van der Waals surface area contributed by atoms with Crippen LogP contribution in [0.2, 0.25) is 0 Å². The van der Waals surface area contributed by atoms with Gasteiger partial charge in [-0.3, -0.25) is 4.90 Å². The molecule has 3 heterocycles. The Morgan fingerprint density at radius 1 is 1.17 bits per heavy atom. The third-order valence-electron chi connectivity index (χ3n) is 4.86. The Kier molecular flexibility index (Phi) is 5.14. The van der Waals surface area contributed by atoms with Crippen LogP contribution in [0.25, 0.3) is 0 Å². The predicted octanol–water partition coefficient (Wildman–Crippen LogP) is 2.99. The fourth-order valence-corrected chi connectivity index (χ4v) is 3.10. The van der Waals surface area contributed by atoms with E-state index in [-0.39, 0.29) is 0 Å². The third kappa shape index (κ3) is 3.93. The van der Waals surface area contributed by atoms with Crippen molar-refractivity contribution >= 4 is 0 Å². The summed E-state index contributed by atoms with van der Waals surface area (Å²) in [7, 11) is 0. The van der Waals surface area contributed by atoms with Crippen molar-refractivity contribution < 1.29 is 9.26 Å². The minimum Gasteiger partial charge on any atom is -0.477 e. The molecule has 0 aromatic carbocycles. The third-order valence-corrected chi connectivity index (χ3v) is 4.86. The summed E-state index contributed by atoms with van der Waals surface area (Å²) in [4.78, 5) is 11.3. The van der Waals surface area contributed by atoms with Crippen molar-refractivity contribution in [1.29, 1.82) is 0 Å². The van der Waals surface area contributed by atoms with Crippen molar-refractivity contribution in [3.63, 3.8) is 0 Å². The molecular weight excluding hydrogens is 304 g/mol. The second-order valence-corrected chi connectivity index (χ2v) is 6.72. The van der Waals surface area contributed by atoms with E-state index in [0.29, 0.717) is 5.92 Å². The number of hydrogen-bond donors (Lipinski definition) is 0. The van der Waals surface area contributed by atoms with E-state index in [1.165, 1.54) is 5.56 Å². The molecule has 3 rings (SSSR count). The summed E-state index contributed by atoms with van der Waals surface area (Å²) in [6.45, 7) is 11.7. The average Bonchev–Trinajstić information content (AvgIpc) is 2.96. The highest BCUT2D eigenvalue weighted by atomic mass is 16.5. The summed E-state index contributed by atoms with van der Waals surface area (Å²) < 4.78 is 11.1. The Morgan fingerprint density at radius 3 is 2.58 bits per heavy atom. The first kappa shape index (κ1) is 16.9. The van der Waals surface area contributed by atoms with Gasteiger partial charge in [-0.1, -0.05) is 5.16 Å². The Balaban J connectivity index is 1.48. The van der Waals surface area contributed by atoms with Crippen molar-refractivity contribution in [3.8, 4) is 5.88 Å². The lowest BCUT2D eigenvalue weighted by Gasteiger charge is -2.31. The van der Waals surface area contributed by atoms with Gasteiger partial charge in [-0.15, -0.1) is 0 Å². The summed E-state index contributed by atoms with van der Waals surface area (Å²) in [5, 5.41) is 3.85. The van der Waals surface area contributed by atoms with E-state index in [1.807, 2.05) is 33.9 Å². The lowest BCUT2D eigenvalue weighted by Crippen LogP contribution is -2.35. The summed E-state index contributed by atoms with van der Waals surface area (Å²) in [6.07, 6.45) is 4.12. The second-order valence-electron chi connectivity index (χ2n) is 6.72. The number of likely N-dealkylation sites (tertiary alicyclic amines) is 1. The lowest BCUT2D eigenvalue weighted by atomic mass is 9.97. The van der Waals surface area contributed by atoms with Gasteiger partial charge < -0.3 is 9.26 Å². The smallest absolute Gasteiger partial charge is 0.219 e. The molecule has 2 aromatic rings. The fraction of sp³-hybridized carbons (Fsp3) is 0.611. The first-order chi connectivity index (χ1) is 11.5. The number of aryl methyl sites for hydroxylation is 3. The van der Waals surface area contributed by atoms with Crippen LogP contribution in [0.1, 0.15) is 41.2 Å². The Bertz CT molecular complexity index is 690. The topological polar surface area (TPSA) is 64.3 Å². The van der Waals surface area contributed by atoms with E-state index >= 15 is 0 Å². The van der Waals surface area contributed by atoms with E-state index in [0.717, 1.165) is 67.8 Å². The van der Waals surface area contributed by atoms with E-state index in [2.05, 4.69) is 20.0 Å². The standard InChI is InChI=1S/C18H26N4O2/c1-12-13(2)20-15(4)21-18(12)23-11-16-5-7-22(8-6-16)10-17-9-19-24-14(17)3/h9,16H,5-8,10-11H2,1-4H3. The summed E-state index contributed by atoms with van der Waals surface area (Å²) >= 11 is 0. The molecule has 0 unspecified atom stereocenters. The van der Waals surface area contributed by atoms with Gasteiger partial charge in [-0.25, -0.2) is 4.98 Å². The Morgan fingerprint density at radius 2 is 1.92 bits per heavy atom. The van der Waals surface area contributed by atoms with E-state index < -0.39 is 0 Å². The van der Waals surface area contributed by atoms with Gasteiger partial charge in [0.2, 0.25) is 5.88 Å². The van der Waals surface area contributed by atoms with Crippen LogP contribution in [0, 0.1) is 33.6 Å². The lowest BCUT2D eigenvalue weighted by molar-refractivity contribution is 0.133. The van der Waals surface area contributed by atoms with E-state index in [1.54, 1.807) is 0 Å². The second kappa shape index (κ2) is 7.30. The largest absolute Gasteiger partial charge is 0.477 e. The first-order valence-electron chi connectivity index (χ1n) is 8.60. The van der Waals surface area contributed by atoms with Crippen molar-refractivity contribution in [1.82, 2.24) is 20.0 Å². The van der Waals surface area contributed by atoms with Crippen molar-refractivity contribution in [3.05, 3.63) is 34.6 Å². The van der Waals surface area contributed by atoms with Gasteiger partial charge >= 0.3 is 0 Å². The van der Waals surface area contributed by atoms with Gasteiger partial charge in [0.1, 0.15) is 11.6 Å². The molecule has 0 amide bonds. The molecular formula is C18H26N4O2. The van der Waals surface area contributed by atoms with Crippen LogP contribution in [-0.4, -0.2) is 39.7 Å².